The Balaban J connectivity index is 2.02. The number of aliphatic carboxylic acids is 1. The lowest BCUT2D eigenvalue weighted by Crippen LogP contribution is -2.58. The number of carboxylic acids is 1. The zero-order valence-electron chi connectivity index (χ0n) is 13.7. The van der Waals surface area contributed by atoms with Crippen LogP contribution in [0.25, 0.3) is 0 Å². The minimum Gasteiger partial charge on any atom is -0.480 e. The lowest BCUT2D eigenvalue weighted by Gasteiger charge is -2.43. The van der Waals surface area contributed by atoms with E-state index in [0.717, 1.165) is 57.5 Å². The molecule has 2 rings (SSSR count). The highest BCUT2D eigenvalue weighted by atomic mass is 16.4. The van der Waals surface area contributed by atoms with Gasteiger partial charge in [0.15, 0.2) is 0 Å². The molecule has 122 valence electrons. The van der Waals surface area contributed by atoms with Crippen molar-refractivity contribution in [2.75, 3.05) is 19.6 Å². The molecule has 0 aromatic rings. The number of carboxylic acid groups (broad SMARTS) is 1. The van der Waals surface area contributed by atoms with Gasteiger partial charge in [0.05, 0.1) is 0 Å². The van der Waals surface area contributed by atoms with Crippen LogP contribution in [0, 0.1) is 5.92 Å². The van der Waals surface area contributed by atoms with Gasteiger partial charge >= 0.3 is 5.97 Å². The fourth-order valence-electron chi connectivity index (χ4n) is 3.69. The Bertz CT molecular complexity index is 344. The maximum absolute atomic E-state index is 11.9. The number of carbonyl (C=O) groups is 1. The van der Waals surface area contributed by atoms with Gasteiger partial charge in [0.2, 0.25) is 0 Å². The molecule has 0 aliphatic heterocycles. The number of hydrogen-bond donors (Lipinski definition) is 2. The number of hydrogen-bond acceptors (Lipinski definition) is 3. The molecule has 4 heteroatoms. The number of nitrogens with one attached hydrogen (secondary N) is 1. The monoisotopic (exact) mass is 296 g/mol. The second kappa shape index (κ2) is 7.59. The standard InChI is InChI=1S/C17H32N2O2/c1-3-10-18-17(16(20)21)9-5-6-15(12-17)19(11-4-2)13-14-7-8-14/h14-15,18H,3-13H2,1-2H3,(H,20,21). The Morgan fingerprint density at radius 3 is 2.62 bits per heavy atom. The molecule has 0 aromatic carbocycles. The van der Waals surface area contributed by atoms with E-state index in [4.69, 9.17) is 0 Å². The molecule has 2 unspecified atom stereocenters. The minimum atomic E-state index is -0.686. The largest absolute Gasteiger partial charge is 0.480 e. The Labute approximate surface area is 129 Å². The molecule has 0 heterocycles. The number of nitrogens with zero attached hydrogens (tertiary/aromatic N) is 1. The molecule has 2 aliphatic rings. The van der Waals surface area contributed by atoms with Crippen LogP contribution in [-0.2, 0) is 4.79 Å². The highest BCUT2D eigenvalue weighted by molar-refractivity contribution is 5.79. The van der Waals surface area contributed by atoms with Crippen molar-refractivity contribution in [3.8, 4) is 0 Å². The summed E-state index contributed by atoms with van der Waals surface area (Å²) < 4.78 is 0. The molecule has 0 radical (unpaired) electrons. The zero-order valence-corrected chi connectivity index (χ0v) is 13.7. The van der Waals surface area contributed by atoms with Crippen LogP contribution in [0.2, 0.25) is 0 Å². The van der Waals surface area contributed by atoms with Crippen molar-refractivity contribution in [3.05, 3.63) is 0 Å². The van der Waals surface area contributed by atoms with Crippen LogP contribution in [0.5, 0.6) is 0 Å². The van der Waals surface area contributed by atoms with Crippen LogP contribution in [0.1, 0.15) is 65.2 Å². The molecule has 2 fully saturated rings. The summed E-state index contributed by atoms with van der Waals surface area (Å²) in [4.78, 5) is 14.4. The van der Waals surface area contributed by atoms with Crippen molar-refractivity contribution in [1.82, 2.24) is 10.2 Å². The van der Waals surface area contributed by atoms with Gasteiger partial charge in [0, 0.05) is 12.6 Å². The SMILES string of the molecule is CCCNC1(C(=O)O)CCCC(N(CCC)CC2CC2)C1. The van der Waals surface area contributed by atoms with E-state index < -0.39 is 11.5 Å². The maximum atomic E-state index is 11.9. The Morgan fingerprint density at radius 1 is 1.29 bits per heavy atom. The fourth-order valence-corrected chi connectivity index (χ4v) is 3.69. The minimum absolute atomic E-state index is 0.444. The molecular weight excluding hydrogens is 264 g/mol. The van der Waals surface area contributed by atoms with E-state index >= 15 is 0 Å². The van der Waals surface area contributed by atoms with E-state index in [1.165, 1.54) is 19.4 Å². The van der Waals surface area contributed by atoms with Gasteiger partial charge in [-0.1, -0.05) is 13.8 Å². The predicted octanol–water partition coefficient (Wildman–Crippen LogP) is 2.87. The van der Waals surface area contributed by atoms with Crippen molar-refractivity contribution in [3.63, 3.8) is 0 Å². The average molecular weight is 296 g/mol. The third-order valence-corrected chi connectivity index (χ3v) is 5.06. The van der Waals surface area contributed by atoms with E-state index in [2.05, 4.69) is 24.1 Å². The predicted molar refractivity (Wildman–Crippen MR) is 85.5 cm³/mol. The third-order valence-electron chi connectivity index (χ3n) is 5.06. The Hall–Kier alpha value is -0.610. The van der Waals surface area contributed by atoms with Gasteiger partial charge in [-0.25, -0.2) is 0 Å². The molecule has 2 N–H and O–H groups in total. The molecule has 2 saturated carbocycles. The summed E-state index contributed by atoms with van der Waals surface area (Å²) in [5, 5.41) is 13.1. The molecule has 21 heavy (non-hydrogen) atoms. The van der Waals surface area contributed by atoms with Crippen LogP contribution in [0.3, 0.4) is 0 Å². The van der Waals surface area contributed by atoms with Crippen LogP contribution >= 0.6 is 0 Å². The normalized spacial score (nSPS) is 29.8. The van der Waals surface area contributed by atoms with Gasteiger partial charge in [0.25, 0.3) is 0 Å². The van der Waals surface area contributed by atoms with Gasteiger partial charge in [-0.3, -0.25) is 4.79 Å². The molecule has 2 atom stereocenters. The smallest absolute Gasteiger partial charge is 0.323 e. The van der Waals surface area contributed by atoms with Gasteiger partial charge in [-0.05, 0) is 70.4 Å². The van der Waals surface area contributed by atoms with E-state index in [9.17, 15) is 9.90 Å². The Morgan fingerprint density at radius 2 is 2.05 bits per heavy atom. The maximum Gasteiger partial charge on any atom is 0.323 e. The molecular formula is C17H32N2O2. The first-order valence-corrected chi connectivity index (χ1v) is 8.83. The molecule has 0 saturated heterocycles. The summed E-state index contributed by atoms with van der Waals surface area (Å²) in [5.41, 5.74) is -0.686. The molecule has 0 bridgehead atoms. The second-order valence-electron chi connectivity index (χ2n) is 7.00. The summed E-state index contributed by atoms with van der Waals surface area (Å²) in [7, 11) is 0. The fraction of sp³-hybridized carbons (Fsp3) is 0.941. The molecule has 4 nitrogen and oxygen atoms in total. The first-order chi connectivity index (χ1) is 10.1. The van der Waals surface area contributed by atoms with Crippen molar-refractivity contribution in [2.24, 2.45) is 5.92 Å². The second-order valence-corrected chi connectivity index (χ2v) is 7.00. The van der Waals surface area contributed by atoms with Crippen molar-refractivity contribution >= 4 is 5.97 Å². The van der Waals surface area contributed by atoms with Gasteiger partial charge < -0.3 is 15.3 Å². The van der Waals surface area contributed by atoms with Crippen molar-refractivity contribution in [2.45, 2.75) is 76.8 Å². The average Bonchev–Trinajstić information content (AvgIpc) is 3.29. The van der Waals surface area contributed by atoms with E-state index in [0.29, 0.717) is 6.04 Å². The van der Waals surface area contributed by atoms with Gasteiger partial charge in [0.1, 0.15) is 5.54 Å². The van der Waals surface area contributed by atoms with Gasteiger partial charge in [-0.2, -0.15) is 0 Å². The lowest BCUT2D eigenvalue weighted by molar-refractivity contribution is -0.147. The molecule has 0 spiro atoms. The first kappa shape index (κ1) is 16.8. The molecule has 0 aromatic heterocycles. The molecule has 0 amide bonds. The highest BCUT2D eigenvalue weighted by Gasteiger charge is 2.44. The van der Waals surface area contributed by atoms with Crippen LogP contribution in [-0.4, -0.2) is 47.2 Å². The Kier molecular flexibility index (Phi) is 6.06. The van der Waals surface area contributed by atoms with Crippen LogP contribution < -0.4 is 5.32 Å². The topological polar surface area (TPSA) is 52.6 Å². The van der Waals surface area contributed by atoms with Crippen molar-refractivity contribution in [1.29, 1.82) is 0 Å². The van der Waals surface area contributed by atoms with Gasteiger partial charge in [-0.15, -0.1) is 0 Å². The zero-order chi connectivity index (χ0) is 15.3. The summed E-state index contributed by atoms with van der Waals surface area (Å²) in [6.07, 6.45) is 8.62. The van der Waals surface area contributed by atoms with E-state index in [1.54, 1.807) is 0 Å². The van der Waals surface area contributed by atoms with E-state index in [1.807, 2.05) is 0 Å². The lowest BCUT2D eigenvalue weighted by atomic mass is 9.78. The summed E-state index contributed by atoms with van der Waals surface area (Å²) >= 11 is 0. The van der Waals surface area contributed by atoms with Crippen LogP contribution in [0.15, 0.2) is 0 Å². The first-order valence-electron chi connectivity index (χ1n) is 8.83. The summed E-state index contributed by atoms with van der Waals surface area (Å²) in [6, 6.07) is 0.444. The molecule has 2 aliphatic carbocycles. The number of rotatable bonds is 9. The summed E-state index contributed by atoms with van der Waals surface area (Å²) in [6.45, 7) is 7.42. The summed E-state index contributed by atoms with van der Waals surface area (Å²) in [5.74, 6) is 0.227. The third kappa shape index (κ3) is 4.43. The van der Waals surface area contributed by atoms with Crippen LogP contribution in [0.4, 0.5) is 0 Å². The quantitative estimate of drug-likeness (QED) is 0.687. The van der Waals surface area contributed by atoms with E-state index in [-0.39, 0.29) is 0 Å². The van der Waals surface area contributed by atoms with Crippen molar-refractivity contribution < 1.29 is 9.90 Å². The highest BCUT2D eigenvalue weighted by Crippen LogP contribution is 2.35.